The Hall–Kier alpha value is -3.20. The maximum absolute atomic E-state index is 14.5. The average molecular weight is 485 g/mol. The van der Waals surface area contributed by atoms with E-state index in [1.165, 1.54) is 17.0 Å². The number of rotatable bonds is 5. The van der Waals surface area contributed by atoms with Crippen LogP contribution in [-0.2, 0) is 33.4 Å². The van der Waals surface area contributed by atoms with Gasteiger partial charge in [-0.15, -0.1) is 0 Å². The molecule has 2 atom stereocenters. The molecule has 0 saturated carbocycles. The van der Waals surface area contributed by atoms with Gasteiger partial charge >= 0.3 is 5.92 Å². The van der Waals surface area contributed by atoms with Gasteiger partial charge in [0, 0.05) is 35.7 Å². The fraction of sp³-hybridized carbons (Fsp3) is 0.273. The molecule has 0 radical (unpaired) electrons. The van der Waals surface area contributed by atoms with E-state index in [1.54, 1.807) is 33.9 Å². The largest absolute Gasteiger partial charge is 0.349 e. The van der Waals surface area contributed by atoms with Crippen LogP contribution < -0.4 is 10.6 Å². The second-order valence-electron chi connectivity index (χ2n) is 8.78. The van der Waals surface area contributed by atoms with Gasteiger partial charge in [-0.3, -0.25) is 24.5 Å². The molecule has 174 valence electrons. The lowest BCUT2D eigenvalue weighted by atomic mass is 9.56. The Bertz CT molecular complexity index is 1210. The number of carbonyl (C=O) groups excluding carboxylic acids is 4. The van der Waals surface area contributed by atoms with Crippen molar-refractivity contribution in [3.8, 4) is 0 Å². The minimum absolute atomic E-state index is 0.113. The number of hydrogen-bond acceptors (Lipinski definition) is 4. The molecule has 0 aliphatic carbocycles. The number of halogens is 3. The van der Waals surface area contributed by atoms with E-state index in [4.69, 9.17) is 11.6 Å². The Kier molecular flexibility index (Phi) is 6.01. The molecule has 7 nitrogen and oxygen atoms in total. The lowest BCUT2D eigenvalue weighted by molar-refractivity contribution is -0.147. The van der Waals surface area contributed by atoms with Crippen LogP contribution in [-0.4, -0.2) is 49.7 Å². The Labute approximate surface area is 201 Å². The molecule has 0 bridgehead atoms. The first-order chi connectivity index (χ1) is 15.9. The summed E-state index contributed by atoms with van der Waals surface area (Å²) < 4.78 is 29.0. The van der Waals surface area contributed by atoms with Gasteiger partial charge in [-0.2, -0.15) is 8.78 Å². The summed E-state index contributed by atoms with van der Waals surface area (Å²) in [6.07, 6.45) is 0.113. The molecule has 12 heteroatoms. The molecule has 34 heavy (non-hydrogen) atoms. The summed E-state index contributed by atoms with van der Waals surface area (Å²) in [6.45, 7) is -0.0501. The molecule has 1 fully saturated rings. The third-order valence-electron chi connectivity index (χ3n) is 6.64. The van der Waals surface area contributed by atoms with Crippen LogP contribution in [0.1, 0.15) is 33.5 Å². The Balaban J connectivity index is 1.48. The van der Waals surface area contributed by atoms with Gasteiger partial charge in [-0.05, 0) is 35.1 Å². The molecule has 2 aliphatic rings. The summed E-state index contributed by atoms with van der Waals surface area (Å²) in [6, 6.07) is 9.51. The smallest absolute Gasteiger partial charge is 0.346 e. The number of imide groups is 1. The lowest BCUT2D eigenvalue weighted by Crippen LogP contribution is -2.66. The number of alkyl halides is 2. The molecule has 0 spiro atoms. The summed E-state index contributed by atoms with van der Waals surface area (Å²) in [5.41, 5.74) is -0.163. The van der Waals surface area contributed by atoms with E-state index >= 15 is 0 Å². The number of nitrogens with one attached hydrogen (secondary N) is 2. The van der Waals surface area contributed by atoms with E-state index in [0.29, 0.717) is 16.7 Å². The van der Waals surface area contributed by atoms with Crippen molar-refractivity contribution >= 4 is 50.9 Å². The van der Waals surface area contributed by atoms with Gasteiger partial charge in [0.25, 0.3) is 11.8 Å². The number of carbonyl (C=O) groups is 4. The van der Waals surface area contributed by atoms with Crippen LogP contribution in [0, 0.1) is 0 Å². The zero-order chi connectivity index (χ0) is 24.8. The summed E-state index contributed by atoms with van der Waals surface area (Å²) in [5, 5.41) is 4.82. The quantitative estimate of drug-likeness (QED) is 0.477. The van der Waals surface area contributed by atoms with Gasteiger partial charge in [-0.1, -0.05) is 35.9 Å². The highest BCUT2D eigenvalue weighted by atomic mass is 35.5. The minimum atomic E-state index is -3.75. The van der Waals surface area contributed by atoms with Gasteiger partial charge in [0.2, 0.25) is 11.8 Å². The van der Waals surface area contributed by atoms with Crippen molar-refractivity contribution in [2.24, 2.45) is 0 Å². The maximum atomic E-state index is 14.5. The second kappa shape index (κ2) is 8.54. The standard InChI is InChI=1S/C22H20B2ClF2N3O4/c23-16-8-17(31)29-19(33)21(16,24)30-10-12-7-11(1-6-15(12)18(30)32)9-28-20(34)22(26,27)13-2-4-14(25)5-3-13/h1-7,16H,8-10,23-24H2,(H,28,34)(H,29,31,33). The van der Waals surface area contributed by atoms with E-state index < -0.39 is 28.7 Å². The Morgan fingerprint density at radius 3 is 2.53 bits per heavy atom. The molecule has 4 rings (SSSR count). The second-order valence-corrected chi connectivity index (χ2v) is 9.21. The number of amides is 4. The van der Waals surface area contributed by atoms with Crippen molar-refractivity contribution in [3.05, 3.63) is 69.7 Å². The summed E-state index contributed by atoms with van der Waals surface area (Å²) in [7, 11) is 3.37. The summed E-state index contributed by atoms with van der Waals surface area (Å²) in [4.78, 5) is 51.0. The van der Waals surface area contributed by atoms with Gasteiger partial charge < -0.3 is 10.2 Å². The van der Waals surface area contributed by atoms with Crippen LogP contribution in [0.25, 0.3) is 0 Å². The predicted octanol–water partition coefficient (Wildman–Crippen LogP) is 0.502. The molecule has 2 aromatic carbocycles. The van der Waals surface area contributed by atoms with Gasteiger partial charge in [0.15, 0.2) is 0 Å². The van der Waals surface area contributed by atoms with Crippen molar-refractivity contribution in [2.45, 2.75) is 36.7 Å². The number of piperidine rings is 1. The van der Waals surface area contributed by atoms with Crippen LogP contribution >= 0.6 is 11.6 Å². The Morgan fingerprint density at radius 1 is 1.21 bits per heavy atom. The molecule has 4 amide bonds. The molecule has 0 aromatic heterocycles. The summed E-state index contributed by atoms with van der Waals surface area (Å²) >= 11 is 5.72. The number of fused-ring (bicyclic) bond motifs is 1. The third-order valence-corrected chi connectivity index (χ3v) is 6.90. The van der Waals surface area contributed by atoms with Crippen LogP contribution in [0.3, 0.4) is 0 Å². The van der Waals surface area contributed by atoms with Crippen LogP contribution in [0.2, 0.25) is 10.8 Å². The molecular weight excluding hydrogens is 465 g/mol. The highest BCUT2D eigenvalue weighted by Gasteiger charge is 2.52. The molecule has 1 saturated heterocycles. The van der Waals surface area contributed by atoms with Gasteiger partial charge in [0.1, 0.15) is 15.7 Å². The Morgan fingerprint density at radius 2 is 1.88 bits per heavy atom. The maximum Gasteiger partial charge on any atom is 0.349 e. The molecule has 2 aromatic rings. The molecule has 2 N–H and O–H groups in total. The predicted molar refractivity (Wildman–Crippen MR) is 125 cm³/mol. The fourth-order valence-corrected chi connectivity index (χ4v) is 4.46. The van der Waals surface area contributed by atoms with Gasteiger partial charge in [0.05, 0.1) is 5.44 Å². The van der Waals surface area contributed by atoms with E-state index in [1.807, 2.05) is 0 Å². The first kappa shape index (κ1) is 23.9. The molecule has 2 unspecified atom stereocenters. The van der Waals surface area contributed by atoms with Crippen LogP contribution in [0.5, 0.6) is 0 Å². The van der Waals surface area contributed by atoms with Crippen molar-refractivity contribution in [1.82, 2.24) is 15.5 Å². The highest BCUT2D eigenvalue weighted by molar-refractivity contribution is 6.38. The average Bonchev–Trinajstić information content (AvgIpc) is 3.12. The van der Waals surface area contributed by atoms with Crippen LogP contribution in [0.15, 0.2) is 42.5 Å². The van der Waals surface area contributed by atoms with Crippen LogP contribution in [0.4, 0.5) is 8.78 Å². The fourth-order valence-electron chi connectivity index (χ4n) is 4.34. The zero-order valence-electron chi connectivity index (χ0n) is 18.5. The van der Waals surface area contributed by atoms with Crippen molar-refractivity contribution in [2.75, 3.05) is 0 Å². The lowest BCUT2D eigenvalue weighted by Gasteiger charge is -2.44. The van der Waals surface area contributed by atoms with E-state index in [2.05, 4.69) is 10.6 Å². The van der Waals surface area contributed by atoms with E-state index in [0.717, 1.165) is 12.1 Å². The first-order valence-corrected chi connectivity index (χ1v) is 11.0. The zero-order valence-corrected chi connectivity index (χ0v) is 19.2. The monoisotopic (exact) mass is 485 g/mol. The van der Waals surface area contributed by atoms with Crippen molar-refractivity contribution < 1.29 is 28.0 Å². The number of hydrogen-bond donors (Lipinski definition) is 2. The SMILES string of the molecule is BC1CC(=O)NC(=O)C1(B)N1Cc2cc(CNC(=O)C(F)(F)c3ccc(Cl)cc3)ccc2C1=O. The van der Waals surface area contributed by atoms with Gasteiger partial charge in [-0.25, -0.2) is 0 Å². The normalized spacial score (nSPS) is 22.4. The molecule has 2 aliphatic heterocycles. The third kappa shape index (κ3) is 3.98. The first-order valence-electron chi connectivity index (χ1n) is 10.6. The summed E-state index contributed by atoms with van der Waals surface area (Å²) in [5.74, 6) is -6.86. The molecule has 2 heterocycles. The number of benzene rings is 2. The highest BCUT2D eigenvalue weighted by Crippen LogP contribution is 2.37. The number of nitrogens with zero attached hydrogens (tertiary/aromatic N) is 1. The topological polar surface area (TPSA) is 95.6 Å². The molecular formula is C22H20B2ClF2N3O4. The van der Waals surface area contributed by atoms with E-state index in [9.17, 15) is 28.0 Å². The minimum Gasteiger partial charge on any atom is -0.346 e. The van der Waals surface area contributed by atoms with E-state index in [-0.39, 0.29) is 42.2 Å². The van der Waals surface area contributed by atoms with Crippen molar-refractivity contribution in [3.63, 3.8) is 0 Å². The van der Waals surface area contributed by atoms with Crippen molar-refractivity contribution in [1.29, 1.82) is 0 Å².